The molecule has 0 saturated heterocycles. The monoisotopic (exact) mass is 286 g/mol. The molecule has 0 heterocycles. The summed E-state index contributed by atoms with van der Waals surface area (Å²) < 4.78 is 40.5. The van der Waals surface area contributed by atoms with E-state index in [1.54, 1.807) is 0 Å². The SMILES string of the molecule is CC1(C)CC(C)(C)CC(O)(c2ccc(F)c(F)c2F)C1. The molecular formula is C16H21F3O. The van der Waals surface area contributed by atoms with Crippen LogP contribution in [-0.2, 0) is 5.60 Å². The molecule has 1 saturated carbocycles. The van der Waals surface area contributed by atoms with E-state index in [9.17, 15) is 18.3 Å². The zero-order valence-electron chi connectivity index (χ0n) is 12.4. The van der Waals surface area contributed by atoms with Gasteiger partial charge in [0.05, 0.1) is 5.60 Å². The van der Waals surface area contributed by atoms with Gasteiger partial charge < -0.3 is 5.11 Å². The molecular weight excluding hydrogens is 265 g/mol. The van der Waals surface area contributed by atoms with E-state index in [-0.39, 0.29) is 16.4 Å². The molecule has 0 aromatic heterocycles. The van der Waals surface area contributed by atoms with Gasteiger partial charge in [0.15, 0.2) is 17.5 Å². The zero-order chi connectivity index (χ0) is 15.3. The van der Waals surface area contributed by atoms with Crippen molar-refractivity contribution >= 4 is 0 Å². The van der Waals surface area contributed by atoms with Gasteiger partial charge in [-0.2, -0.15) is 0 Å². The third-order valence-corrected chi connectivity index (χ3v) is 4.04. The van der Waals surface area contributed by atoms with Crippen molar-refractivity contribution in [3.05, 3.63) is 35.1 Å². The summed E-state index contributed by atoms with van der Waals surface area (Å²) in [7, 11) is 0. The van der Waals surface area contributed by atoms with Crippen LogP contribution in [0.25, 0.3) is 0 Å². The van der Waals surface area contributed by atoms with Crippen LogP contribution in [0.4, 0.5) is 13.2 Å². The quantitative estimate of drug-likeness (QED) is 0.752. The molecule has 2 rings (SSSR count). The minimum atomic E-state index is -1.52. The third-order valence-electron chi connectivity index (χ3n) is 4.04. The van der Waals surface area contributed by atoms with Crippen molar-refractivity contribution < 1.29 is 18.3 Å². The molecule has 1 fully saturated rings. The van der Waals surface area contributed by atoms with Crippen molar-refractivity contribution in [2.75, 3.05) is 0 Å². The predicted octanol–water partition coefficient (Wildman–Crippen LogP) is 4.53. The maximum atomic E-state index is 14.0. The summed E-state index contributed by atoms with van der Waals surface area (Å²) in [6.45, 7) is 7.99. The van der Waals surface area contributed by atoms with Gasteiger partial charge in [-0.05, 0) is 36.2 Å². The normalized spacial score (nSPS) is 23.6. The highest BCUT2D eigenvalue weighted by Crippen LogP contribution is 2.54. The number of halogens is 3. The highest BCUT2D eigenvalue weighted by Gasteiger charge is 2.48. The molecule has 1 N–H and O–H groups in total. The summed E-state index contributed by atoms with van der Waals surface area (Å²) in [5.41, 5.74) is -2.01. The van der Waals surface area contributed by atoms with E-state index in [0.29, 0.717) is 12.8 Å². The van der Waals surface area contributed by atoms with Crippen molar-refractivity contribution in [1.29, 1.82) is 0 Å². The first-order valence-corrected chi connectivity index (χ1v) is 6.82. The van der Waals surface area contributed by atoms with Crippen molar-refractivity contribution in [3.63, 3.8) is 0 Å². The maximum Gasteiger partial charge on any atom is 0.194 e. The van der Waals surface area contributed by atoms with Gasteiger partial charge in [0, 0.05) is 5.56 Å². The molecule has 1 aliphatic rings. The molecule has 0 aliphatic heterocycles. The van der Waals surface area contributed by atoms with Crippen molar-refractivity contribution in [1.82, 2.24) is 0 Å². The fourth-order valence-corrected chi connectivity index (χ4v) is 4.14. The molecule has 0 amide bonds. The molecule has 1 aromatic rings. The molecule has 4 heteroatoms. The van der Waals surface area contributed by atoms with E-state index >= 15 is 0 Å². The number of hydrogen-bond acceptors (Lipinski definition) is 1. The Morgan fingerprint density at radius 2 is 1.35 bits per heavy atom. The summed E-state index contributed by atoms with van der Waals surface area (Å²) in [5.74, 6) is -4.03. The van der Waals surface area contributed by atoms with Gasteiger partial charge >= 0.3 is 0 Å². The first kappa shape index (κ1) is 15.4. The second-order valence-electron chi connectivity index (χ2n) is 7.61. The Labute approximate surface area is 117 Å². The van der Waals surface area contributed by atoms with Gasteiger partial charge in [-0.1, -0.05) is 33.8 Å². The van der Waals surface area contributed by atoms with Crippen molar-refractivity contribution in [3.8, 4) is 0 Å². The molecule has 0 bridgehead atoms. The number of aliphatic hydroxyl groups is 1. The van der Waals surface area contributed by atoms with Crippen LogP contribution < -0.4 is 0 Å². The van der Waals surface area contributed by atoms with Crippen LogP contribution in [0.2, 0.25) is 0 Å². The van der Waals surface area contributed by atoms with E-state index in [2.05, 4.69) is 0 Å². The Kier molecular flexibility index (Phi) is 3.44. The van der Waals surface area contributed by atoms with Gasteiger partial charge in [0.25, 0.3) is 0 Å². The summed E-state index contributed by atoms with van der Waals surface area (Å²) >= 11 is 0. The minimum Gasteiger partial charge on any atom is -0.385 e. The average Bonchev–Trinajstić information content (AvgIpc) is 2.20. The van der Waals surface area contributed by atoms with Gasteiger partial charge in [-0.15, -0.1) is 0 Å². The maximum absolute atomic E-state index is 14.0. The Bertz CT molecular complexity index is 519. The Hall–Kier alpha value is -1.03. The molecule has 1 aromatic carbocycles. The summed E-state index contributed by atoms with van der Waals surface area (Å²) in [5, 5.41) is 10.9. The van der Waals surface area contributed by atoms with Crippen LogP contribution in [-0.4, -0.2) is 5.11 Å². The fraction of sp³-hybridized carbons (Fsp3) is 0.625. The molecule has 1 aliphatic carbocycles. The van der Waals surface area contributed by atoms with Crippen LogP contribution in [0, 0.1) is 28.3 Å². The van der Waals surface area contributed by atoms with Crippen LogP contribution in [0.5, 0.6) is 0 Å². The third kappa shape index (κ3) is 2.71. The Morgan fingerprint density at radius 3 is 1.85 bits per heavy atom. The fourth-order valence-electron chi connectivity index (χ4n) is 4.14. The average molecular weight is 286 g/mol. The number of hydrogen-bond donors (Lipinski definition) is 1. The molecule has 0 spiro atoms. The lowest BCUT2D eigenvalue weighted by Gasteiger charge is -2.49. The van der Waals surface area contributed by atoms with Crippen LogP contribution in [0.1, 0.15) is 52.5 Å². The van der Waals surface area contributed by atoms with Gasteiger partial charge in [-0.25, -0.2) is 13.2 Å². The highest BCUT2D eigenvalue weighted by atomic mass is 19.2. The van der Waals surface area contributed by atoms with E-state index in [4.69, 9.17) is 0 Å². The van der Waals surface area contributed by atoms with Crippen LogP contribution in [0.3, 0.4) is 0 Å². The van der Waals surface area contributed by atoms with E-state index < -0.39 is 23.1 Å². The Balaban J connectivity index is 2.52. The van der Waals surface area contributed by atoms with E-state index in [1.807, 2.05) is 27.7 Å². The molecule has 1 nitrogen and oxygen atoms in total. The smallest absolute Gasteiger partial charge is 0.194 e. The van der Waals surface area contributed by atoms with Crippen LogP contribution in [0.15, 0.2) is 12.1 Å². The lowest BCUT2D eigenvalue weighted by molar-refractivity contribution is -0.0934. The summed E-state index contributed by atoms with van der Waals surface area (Å²) in [6.07, 6.45) is 1.53. The van der Waals surface area contributed by atoms with Crippen molar-refractivity contribution in [2.45, 2.75) is 52.6 Å². The van der Waals surface area contributed by atoms with Gasteiger partial charge in [0.1, 0.15) is 0 Å². The van der Waals surface area contributed by atoms with Gasteiger partial charge in [0.2, 0.25) is 0 Å². The molecule has 112 valence electrons. The second kappa shape index (κ2) is 4.48. The number of benzene rings is 1. The molecule has 20 heavy (non-hydrogen) atoms. The highest BCUT2D eigenvalue weighted by molar-refractivity contribution is 5.28. The van der Waals surface area contributed by atoms with Crippen molar-refractivity contribution in [2.24, 2.45) is 10.8 Å². The second-order valence-corrected chi connectivity index (χ2v) is 7.61. The summed E-state index contributed by atoms with van der Waals surface area (Å²) in [6, 6.07) is 2.03. The topological polar surface area (TPSA) is 20.2 Å². The molecule has 0 atom stereocenters. The van der Waals surface area contributed by atoms with E-state index in [0.717, 1.165) is 18.6 Å². The summed E-state index contributed by atoms with van der Waals surface area (Å²) in [4.78, 5) is 0. The largest absolute Gasteiger partial charge is 0.385 e. The van der Waals surface area contributed by atoms with E-state index in [1.165, 1.54) is 0 Å². The predicted molar refractivity (Wildman–Crippen MR) is 71.6 cm³/mol. The standard InChI is InChI=1S/C16H21F3O/c1-14(2)7-15(3,4)9-16(20,8-14)10-5-6-11(17)13(19)12(10)18/h5-6,20H,7-9H2,1-4H3. The zero-order valence-corrected chi connectivity index (χ0v) is 12.4. The minimum absolute atomic E-state index is 0.141. The van der Waals surface area contributed by atoms with Gasteiger partial charge in [-0.3, -0.25) is 0 Å². The first-order chi connectivity index (χ1) is 8.96. The molecule has 0 unspecified atom stereocenters. The lowest BCUT2D eigenvalue weighted by Crippen LogP contribution is -2.44. The molecule has 0 radical (unpaired) electrons. The first-order valence-electron chi connectivity index (χ1n) is 6.82. The van der Waals surface area contributed by atoms with Crippen LogP contribution >= 0.6 is 0 Å². The lowest BCUT2D eigenvalue weighted by atomic mass is 9.58. The Morgan fingerprint density at radius 1 is 0.850 bits per heavy atom. The number of rotatable bonds is 1.